The molecule has 0 saturated heterocycles. The van der Waals surface area contributed by atoms with E-state index in [4.69, 9.17) is 0 Å². The Kier molecular flexibility index (Phi) is 9.75. The van der Waals surface area contributed by atoms with Gasteiger partial charge in [0.15, 0.2) is 0 Å². The molecule has 1 rings (SSSR count). The Morgan fingerprint density at radius 3 is 2.48 bits per heavy atom. The molecule has 0 unspecified atom stereocenters. The van der Waals surface area contributed by atoms with E-state index in [0.717, 1.165) is 37.7 Å². The van der Waals surface area contributed by atoms with Crippen LogP contribution in [0.4, 0.5) is 10.6 Å². The lowest BCUT2D eigenvalue weighted by Crippen LogP contribution is -2.31. The van der Waals surface area contributed by atoms with E-state index in [1.165, 1.54) is 25.7 Å². The third-order valence-electron chi connectivity index (χ3n) is 3.74. The number of anilines is 1. The number of nitrogens with one attached hydrogen (secondary N) is 3. The first-order chi connectivity index (χ1) is 11.2. The summed E-state index contributed by atoms with van der Waals surface area (Å²) >= 11 is 0. The van der Waals surface area contributed by atoms with Crippen LogP contribution in [0.15, 0.2) is 11.0 Å². The van der Waals surface area contributed by atoms with Crippen LogP contribution in [0.1, 0.15) is 70.8 Å². The summed E-state index contributed by atoms with van der Waals surface area (Å²) in [5, 5.41) is 5.56. The first-order valence-electron chi connectivity index (χ1n) is 8.80. The summed E-state index contributed by atoms with van der Waals surface area (Å²) in [5.74, 6) is 0.465. The second kappa shape index (κ2) is 11.7. The Balaban J connectivity index is 2.48. The van der Waals surface area contributed by atoms with Gasteiger partial charge in [0.1, 0.15) is 5.82 Å². The maximum Gasteiger partial charge on any atom is 0.346 e. The van der Waals surface area contributed by atoms with E-state index >= 15 is 0 Å². The Morgan fingerprint density at radius 1 is 1.09 bits per heavy atom. The molecule has 23 heavy (non-hydrogen) atoms. The standard InChI is InChI=1S/C17H30N4O2/c1-3-5-7-9-11-14-13-19-17(23)21-15(14)20-16(22)18-12-10-8-6-4-2/h13H,3-12H2,1-2H3,(H3,18,19,20,21,22,23). The number of urea groups is 1. The van der Waals surface area contributed by atoms with E-state index in [0.29, 0.717) is 12.4 Å². The summed E-state index contributed by atoms with van der Waals surface area (Å²) < 4.78 is 0. The Bertz CT molecular complexity index is 514. The van der Waals surface area contributed by atoms with Gasteiger partial charge in [-0.05, 0) is 19.3 Å². The smallest absolute Gasteiger partial charge is 0.338 e. The van der Waals surface area contributed by atoms with Gasteiger partial charge in [-0.25, -0.2) is 14.6 Å². The van der Waals surface area contributed by atoms with Crippen LogP contribution in [0.25, 0.3) is 0 Å². The number of aromatic amines is 1. The topological polar surface area (TPSA) is 86.9 Å². The van der Waals surface area contributed by atoms with Crippen LogP contribution in [0.3, 0.4) is 0 Å². The molecule has 1 heterocycles. The highest BCUT2D eigenvalue weighted by Gasteiger charge is 2.08. The zero-order chi connectivity index (χ0) is 16.9. The number of amides is 2. The van der Waals surface area contributed by atoms with Gasteiger partial charge in [-0.1, -0.05) is 52.4 Å². The van der Waals surface area contributed by atoms with Gasteiger partial charge >= 0.3 is 11.7 Å². The fourth-order valence-electron chi connectivity index (χ4n) is 2.38. The molecule has 3 N–H and O–H groups in total. The third-order valence-corrected chi connectivity index (χ3v) is 3.74. The second-order valence-corrected chi connectivity index (χ2v) is 5.84. The Labute approximate surface area is 138 Å². The quantitative estimate of drug-likeness (QED) is 0.544. The van der Waals surface area contributed by atoms with Crippen molar-refractivity contribution in [2.45, 2.75) is 71.6 Å². The summed E-state index contributed by atoms with van der Waals surface area (Å²) in [6, 6.07) is -0.279. The molecular formula is C17H30N4O2. The first-order valence-corrected chi connectivity index (χ1v) is 8.80. The SMILES string of the molecule is CCCCCCNC(=O)Nc1[nH]c(=O)ncc1CCCCCC. The van der Waals surface area contributed by atoms with Crippen molar-refractivity contribution in [2.24, 2.45) is 0 Å². The van der Waals surface area contributed by atoms with Crippen LogP contribution in [0, 0.1) is 0 Å². The van der Waals surface area contributed by atoms with Gasteiger partial charge in [0, 0.05) is 18.3 Å². The van der Waals surface area contributed by atoms with Crippen molar-refractivity contribution in [3.8, 4) is 0 Å². The van der Waals surface area contributed by atoms with Crippen LogP contribution in [-0.2, 0) is 6.42 Å². The molecule has 130 valence electrons. The number of H-pyrrole nitrogens is 1. The minimum Gasteiger partial charge on any atom is -0.338 e. The maximum atomic E-state index is 11.9. The summed E-state index contributed by atoms with van der Waals surface area (Å²) in [4.78, 5) is 29.7. The lowest BCUT2D eigenvalue weighted by Gasteiger charge is -2.11. The number of nitrogens with zero attached hydrogens (tertiary/aromatic N) is 1. The Morgan fingerprint density at radius 2 is 1.78 bits per heavy atom. The van der Waals surface area contributed by atoms with E-state index < -0.39 is 5.69 Å². The molecule has 0 saturated carbocycles. The average Bonchev–Trinajstić information content (AvgIpc) is 2.53. The van der Waals surface area contributed by atoms with E-state index in [9.17, 15) is 9.59 Å². The van der Waals surface area contributed by atoms with Crippen molar-refractivity contribution < 1.29 is 4.79 Å². The molecule has 0 fully saturated rings. The zero-order valence-electron chi connectivity index (χ0n) is 14.4. The molecule has 0 aromatic carbocycles. The van der Waals surface area contributed by atoms with Crippen LogP contribution >= 0.6 is 0 Å². The lowest BCUT2D eigenvalue weighted by molar-refractivity contribution is 0.251. The monoisotopic (exact) mass is 322 g/mol. The number of hydrogen-bond donors (Lipinski definition) is 3. The molecule has 6 heteroatoms. The molecule has 2 amide bonds. The summed E-state index contributed by atoms with van der Waals surface area (Å²) in [6.07, 6.45) is 11.3. The molecule has 0 radical (unpaired) electrons. The summed E-state index contributed by atoms with van der Waals surface area (Å²) in [7, 11) is 0. The molecule has 0 aliphatic heterocycles. The second-order valence-electron chi connectivity index (χ2n) is 5.84. The highest BCUT2D eigenvalue weighted by Crippen LogP contribution is 2.13. The molecule has 0 bridgehead atoms. The van der Waals surface area contributed by atoms with E-state index in [1.807, 2.05) is 0 Å². The van der Waals surface area contributed by atoms with E-state index in [-0.39, 0.29) is 6.03 Å². The van der Waals surface area contributed by atoms with Crippen LogP contribution in [0.5, 0.6) is 0 Å². The van der Waals surface area contributed by atoms with E-state index in [2.05, 4.69) is 34.4 Å². The minimum atomic E-state index is -0.444. The number of aryl methyl sites for hydroxylation is 1. The predicted molar refractivity (Wildman–Crippen MR) is 93.9 cm³/mol. The number of carbonyl (C=O) groups excluding carboxylic acids is 1. The van der Waals surface area contributed by atoms with Crippen molar-refractivity contribution in [2.75, 3.05) is 11.9 Å². The van der Waals surface area contributed by atoms with Crippen LogP contribution in [0.2, 0.25) is 0 Å². The normalized spacial score (nSPS) is 10.5. The van der Waals surface area contributed by atoms with Gasteiger partial charge in [0.25, 0.3) is 0 Å². The van der Waals surface area contributed by atoms with Crippen molar-refractivity contribution in [3.05, 3.63) is 22.2 Å². The first kappa shape index (κ1) is 19.2. The fraction of sp³-hybridized carbons (Fsp3) is 0.706. The molecule has 0 atom stereocenters. The number of unbranched alkanes of at least 4 members (excludes halogenated alkanes) is 6. The molecule has 0 aliphatic carbocycles. The van der Waals surface area contributed by atoms with Crippen molar-refractivity contribution in [1.29, 1.82) is 0 Å². The van der Waals surface area contributed by atoms with Crippen molar-refractivity contribution >= 4 is 11.8 Å². The molecule has 0 spiro atoms. The van der Waals surface area contributed by atoms with Gasteiger partial charge in [0.05, 0.1) is 0 Å². The fourth-order valence-corrected chi connectivity index (χ4v) is 2.38. The van der Waals surface area contributed by atoms with Gasteiger partial charge in [-0.15, -0.1) is 0 Å². The zero-order valence-corrected chi connectivity index (χ0v) is 14.4. The van der Waals surface area contributed by atoms with Gasteiger partial charge in [0.2, 0.25) is 0 Å². The molecule has 6 nitrogen and oxygen atoms in total. The minimum absolute atomic E-state index is 0.279. The van der Waals surface area contributed by atoms with Gasteiger partial charge in [-0.3, -0.25) is 10.3 Å². The highest BCUT2D eigenvalue weighted by molar-refractivity contribution is 5.88. The highest BCUT2D eigenvalue weighted by atomic mass is 16.2. The molecular weight excluding hydrogens is 292 g/mol. The Hall–Kier alpha value is -1.85. The lowest BCUT2D eigenvalue weighted by atomic mass is 10.1. The molecule has 1 aromatic rings. The molecule has 1 aromatic heterocycles. The number of rotatable bonds is 11. The summed E-state index contributed by atoms with van der Waals surface area (Å²) in [5.41, 5.74) is 0.433. The summed E-state index contributed by atoms with van der Waals surface area (Å²) in [6.45, 7) is 4.97. The average molecular weight is 322 g/mol. The van der Waals surface area contributed by atoms with Crippen LogP contribution < -0.4 is 16.3 Å². The van der Waals surface area contributed by atoms with Gasteiger partial charge < -0.3 is 5.32 Å². The predicted octanol–water partition coefficient (Wildman–Crippen LogP) is 3.59. The third kappa shape index (κ3) is 8.38. The van der Waals surface area contributed by atoms with Gasteiger partial charge in [-0.2, -0.15) is 0 Å². The number of hydrogen-bond acceptors (Lipinski definition) is 3. The van der Waals surface area contributed by atoms with Crippen molar-refractivity contribution in [3.63, 3.8) is 0 Å². The maximum absolute atomic E-state index is 11.9. The largest absolute Gasteiger partial charge is 0.346 e. The van der Waals surface area contributed by atoms with Crippen molar-refractivity contribution in [1.82, 2.24) is 15.3 Å². The van der Waals surface area contributed by atoms with E-state index in [1.54, 1.807) is 6.20 Å². The number of aromatic nitrogens is 2. The van der Waals surface area contributed by atoms with Crippen LogP contribution in [-0.4, -0.2) is 22.5 Å². The molecule has 0 aliphatic rings. The number of carbonyl (C=O) groups is 1.